The van der Waals surface area contributed by atoms with Gasteiger partial charge in [-0.3, -0.25) is 0 Å². The molecule has 2 atom stereocenters. The molecule has 134 valence electrons. The molecule has 1 saturated heterocycles. The number of nitrogens with one attached hydrogen (secondary N) is 1. The second kappa shape index (κ2) is 6.20. The summed E-state index contributed by atoms with van der Waals surface area (Å²) in [5.74, 6) is 0.107. The van der Waals surface area contributed by atoms with Crippen molar-refractivity contribution in [2.75, 3.05) is 13.2 Å². The number of benzene rings is 1. The minimum atomic E-state index is -0.591. The smallest absolute Gasteiger partial charge is 0.163 e. The molecule has 6 heteroatoms. The van der Waals surface area contributed by atoms with Crippen LogP contribution in [0.3, 0.4) is 0 Å². The molecule has 0 amide bonds. The van der Waals surface area contributed by atoms with E-state index in [9.17, 15) is 0 Å². The maximum atomic E-state index is 15.2. The van der Waals surface area contributed by atoms with E-state index < -0.39 is 5.79 Å². The molecule has 0 spiro atoms. The molecule has 4 rings (SSSR count). The molecule has 25 heavy (non-hydrogen) atoms. The number of aromatic nitrogens is 2. The van der Waals surface area contributed by atoms with Gasteiger partial charge in [0.25, 0.3) is 0 Å². The molecular formula is C19H24FN3O2. The Morgan fingerprint density at radius 1 is 1.40 bits per heavy atom. The maximum absolute atomic E-state index is 15.2. The van der Waals surface area contributed by atoms with Crippen LogP contribution < -0.4 is 5.32 Å². The summed E-state index contributed by atoms with van der Waals surface area (Å²) in [4.78, 5) is 4.50. The first-order valence-corrected chi connectivity index (χ1v) is 8.79. The average molecular weight is 345 g/mol. The van der Waals surface area contributed by atoms with Crippen LogP contribution in [0.4, 0.5) is 4.39 Å². The molecule has 1 fully saturated rings. The first-order valence-electron chi connectivity index (χ1n) is 8.79. The third kappa shape index (κ3) is 3.10. The molecule has 2 unspecified atom stereocenters. The lowest BCUT2D eigenvalue weighted by atomic mass is 9.98. The standard InChI is InChI=1S/C19H24FN3O2/c1-12-10-22-18-17(21-7-8-23(12)18)15-6-4-5-13(16(15)20)9-14-11-24-19(2,3)25-14/h4-6,10,14,17,21H,7-9,11H2,1-3H3. The van der Waals surface area contributed by atoms with Gasteiger partial charge in [-0.15, -0.1) is 0 Å². The average Bonchev–Trinajstić information content (AvgIpc) is 3.12. The number of ether oxygens (including phenoxy) is 2. The number of aryl methyl sites for hydroxylation is 1. The Balaban J connectivity index is 1.62. The summed E-state index contributed by atoms with van der Waals surface area (Å²) >= 11 is 0. The molecular weight excluding hydrogens is 321 g/mol. The summed E-state index contributed by atoms with van der Waals surface area (Å²) in [6, 6.07) is 5.35. The van der Waals surface area contributed by atoms with Gasteiger partial charge in [0.2, 0.25) is 0 Å². The topological polar surface area (TPSA) is 48.3 Å². The minimum absolute atomic E-state index is 0.122. The molecule has 2 aliphatic heterocycles. The molecule has 0 bridgehead atoms. The third-order valence-corrected chi connectivity index (χ3v) is 4.96. The van der Waals surface area contributed by atoms with E-state index in [0.717, 1.165) is 24.6 Å². The van der Waals surface area contributed by atoms with Crippen LogP contribution in [0.5, 0.6) is 0 Å². The first kappa shape index (κ1) is 16.7. The zero-order chi connectivity index (χ0) is 17.6. The van der Waals surface area contributed by atoms with Crippen molar-refractivity contribution in [2.45, 2.75) is 51.7 Å². The van der Waals surface area contributed by atoms with Crippen LogP contribution in [-0.2, 0) is 22.4 Å². The highest BCUT2D eigenvalue weighted by Gasteiger charge is 2.34. The molecule has 0 aliphatic carbocycles. The molecule has 5 nitrogen and oxygen atoms in total. The van der Waals surface area contributed by atoms with Crippen LogP contribution in [0, 0.1) is 12.7 Å². The number of hydrogen-bond acceptors (Lipinski definition) is 4. The van der Waals surface area contributed by atoms with Gasteiger partial charge in [0.05, 0.1) is 18.8 Å². The quantitative estimate of drug-likeness (QED) is 0.929. The molecule has 1 aromatic heterocycles. The Morgan fingerprint density at radius 2 is 2.24 bits per heavy atom. The van der Waals surface area contributed by atoms with Crippen LogP contribution in [0.2, 0.25) is 0 Å². The van der Waals surface area contributed by atoms with E-state index in [1.54, 1.807) is 0 Å². The summed E-state index contributed by atoms with van der Waals surface area (Å²) in [6.07, 6.45) is 2.23. The Bertz CT molecular complexity index is 787. The number of hydrogen-bond donors (Lipinski definition) is 1. The van der Waals surface area contributed by atoms with Gasteiger partial charge in [-0.25, -0.2) is 9.37 Å². The third-order valence-electron chi connectivity index (χ3n) is 4.96. The van der Waals surface area contributed by atoms with Crippen molar-refractivity contribution in [3.05, 3.63) is 52.9 Å². The second-order valence-corrected chi connectivity index (χ2v) is 7.27. The van der Waals surface area contributed by atoms with Crippen LogP contribution in [0.15, 0.2) is 24.4 Å². The van der Waals surface area contributed by atoms with Crippen molar-refractivity contribution in [2.24, 2.45) is 0 Å². The Kier molecular flexibility index (Phi) is 4.14. The van der Waals surface area contributed by atoms with E-state index in [4.69, 9.17) is 9.47 Å². The lowest BCUT2D eigenvalue weighted by molar-refractivity contribution is -0.138. The molecule has 0 saturated carbocycles. The normalized spacial score (nSPS) is 25.1. The zero-order valence-electron chi connectivity index (χ0n) is 14.9. The second-order valence-electron chi connectivity index (χ2n) is 7.27. The predicted molar refractivity (Wildman–Crippen MR) is 91.8 cm³/mol. The van der Waals surface area contributed by atoms with Gasteiger partial charge >= 0.3 is 0 Å². The van der Waals surface area contributed by atoms with E-state index in [1.165, 1.54) is 0 Å². The van der Waals surface area contributed by atoms with E-state index in [1.807, 2.05) is 45.2 Å². The maximum Gasteiger partial charge on any atom is 0.163 e. The van der Waals surface area contributed by atoms with Crippen LogP contribution in [0.25, 0.3) is 0 Å². The highest BCUT2D eigenvalue weighted by atomic mass is 19.1. The number of fused-ring (bicyclic) bond motifs is 1. The number of rotatable bonds is 3. The van der Waals surface area contributed by atoms with Crippen molar-refractivity contribution in [1.82, 2.24) is 14.9 Å². The minimum Gasteiger partial charge on any atom is -0.348 e. The lowest BCUT2D eigenvalue weighted by Gasteiger charge is -2.27. The van der Waals surface area contributed by atoms with Crippen molar-refractivity contribution in [3.63, 3.8) is 0 Å². The van der Waals surface area contributed by atoms with Gasteiger partial charge in [-0.1, -0.05) is 18.2 Å². The van der Waals surface area contributed by atoms with Crippen LogP contribution in [0.1, 0.15) is 42.5 Å². The van der Waals surface area contributed by atoms with E-state index in [2.05, 4.69) is 14.9 Å². The van der Waals surface area contributed by atoms with Crippen molar-refractivity contribution >= 4 is 0 Å². The number of nitrogens with zero attached hydrogens (tertiary/aromatic N) is 2. The van der Waals surface area contributed by atoms with Gasteiger partial charge in [0, 0.05) is 37.0 Å². The largest absolute Gasteiger partial charge is 0.348 e. The van der Waals surface area contributed by atoms with Crippen LogP contribution >= 0.6 is 0 Å². The highest BCUT2D eigenvalue weighted by molar-refractivity contribution is 5.33. The first-order chi connectivity index (χ1) is 11.9. The van der Waals surface area contributed by atoms with Gasteiger partial charge in [0.15, 0.2) is 5.79 Å². The molecule has 0 radical (unpaired) electrons. The van der Waals surface area contributed by atoms with Gasteiger partial charge < -0.3 is 19.4 Å². The Hall–Kier alpha value is -1.76. The lowest BCUT2D eigenvalue weighted by Crippen LogP contribution is -2.35. The van der Waals surface area contributed by atoms with Gasteiger partial charge in [-0.05, 0) is 26.3 Å². The van der Waals surface area contributed by atoms with E-state index in [0.29, 0.717) is 24.2 Å². The molecule has 1 N–H and O–H groups in total. The highest BCUT2D eigenvalue weighted by Crippen LogP contribution is 2.30. The zero-order valence-corrected chi connectivity index (χ0v) is 14.9. The number of halogens is 1. The van der Waals surface area contributed by atoms with Crippen molar-refractivity contribution < 1.29 is 13.9 Å². The fourth-order valence-corrected chi connectivity index (χ4v) is 3.75. The van der Waals surface area contributed by atoms with Gasteiger partial charge in [0.1, 0.15) is 11.6 Å². The molecule has 2 aromatic rings. The van der Waals surface area contributed by atoms with Crippen LogP contribution in [-0.4, -0.2) is 34.6 Å². The van der Waals surface area contributed by atoms with Crippen molar-refractivity contribution in [1.29, 1.82) is 0 Å². The molecule has 1 aromatic carbocycles. The van der Waals surface area contributed by atoms with E-state index in [-0.39, 0.29) is 18.0 Å². The fraction of sp³-hybridized carbons (Fsp3) is 0.526. The monoisotopic (exact) mass is 345 g/mol. The summed E-state index contributed by atoms with van der Waals surface area (Å²) in [7, 11) is 0. The summed E-state index contributed by atoms with van der Waals surface area (Å²) in [5, 5.41) is 3.40. The molecule has 3 heterocycles. The van der Waals surface area contributed by atoms with Gasteiger partial charge in [-0.2, -0.15) is 0 Å². The SMILES string of the molecule is Cc1cnc2n1CCNC2c1cccc(CC2COC(C)(C)O2)c1F. The predicted octanol–water partition coefficient (Wildman–Crippen LogP) is 2.72. The Labute approximate surface area is 147 Å². The summed E-state index contributed by atoms with van der Waals surface area (Å²) in [5.41, 5.74) is 2.41. The van der Waals surface area contributed by atoms with Crippen molar-refractivity contribution in [3.8, 4) is 0 Å². The molecule has 2 aliphatic rings. The summed E-state index contributed by atoms with van der Waals surface area (Å²) in [6.45, 7) is 7.95. The fourth-order valence-electron chi connectivity index (χ4n) is 3.75. The number of imidazole rings is 1. The van der Waals surface area contributed by atoms with E-state index >= 15 is 4.39 Å². The summed E-state index contributed by atoms with van der Waals surface area (Å²) < 4.78 is 28.8. The Morgan fingerprint density at radius 3 is 3.00 bits per heavy atom.